The molecule has 0 aliphatic heterocycles. The first kappa shape index (κ1) is 13.3. The fourth-order valence-electron chi connectivity index (χ4n) is 0.561. The van der Waals surface area contributed by atoms with Crippen LogP contribution in [0, 0.1) is 0 Å². The smallest absolute Gasteiger partial charge is 0.371 e. The van der Waals surface area contributed by atoms with Gasteiger partial charge in [-0.25, -0.2) is 4.79 Å². The van der Waals surface area contributed by atoms with E-state index in [0.717, 1.165) is 32.9 Å². The minimum absolute atomic E-state index is 0.310. The van der Waals surface area contributed by atoms with E-state index in [1.165, 1.54) is 7.11 Å². The summed E-state index contributed by atoms with van der Waals surface area (Å²) in [7, 11) is 1.36. The lowest BCUT2D eigenvalue weighted by atomic mass is 10.4. The van der Waals surface area contributed by atoms with Gasteiger partial charge in [-0.05, 0) is 34.1 Å². The Kier molecular flexibility index (Phi) is 7.80. The molecule has 0 aromatic carbocycles. The minimum atomic E-state index is -0.310. The molecule has 0 bridgehead atoms. The minimum Gasteiger partial charge on any atom is -0.461 e. The van der Waals surface area contributed by atoms with E-state index in [9.17, 15) is 4.79 Å². The van der Waals surface area contributed by atoms with Gasteiger partial charge in [-0.3, -0.25) is 0 Å². The highest BCUT2D eigenvalue weighted by Gasteiger charge is 2.09. The standard InChI is InChI=1S/C8H10Br2O2S/c1-3-6(10)7(4-5-9)13-8(11)12-2/h3H,1,4-5H2,2H3/b7-6+. The van der Waals surface area contributed by atoms with Crippen LogP contribution in [0.5, 0.6) is 0 Å². The maximum Gasteiger partial charge on any atom is 0.371 e. The third kappa shape index (κ3) is 5.54. The number of halogens is 2. The van der Waals surface area contributed by atoms with E-state index in [2.05, 4.69) is 43.2 Å². The van der Waals surface area contributed by atoms with Gasteiger partial charge >= 0.3 is 5.30 Å². The van der Waals surface area contributed by atoms with Crippen molar-refractivity contribution in [1.29, 1.82) is 0 Å². The Bertz CT molecular complexity index is 226. The van der Waals surface area contributed by atoms with Crippen LogP contribution in [0.3, 0.4) is 0 Å². The molecule has 0 aromatic rings. The fraction of sp³-hybridized carbons (Fsp3) is 0.375. The summed E-state index contributed by atoms with van der Waals surface area (Å²) in [6.45, 7) is 3.61. The molecule has 0 radical (unpaired) electrons. The van der Waals surface area contributed by atoms with Crippen LogP contribution in [0.15, 0.2) is 22.0 Å². The summed E-state index contributed by atoms with van der Waals surface area (Å²) in [5, 5.41) is 0.490. The third-order valence-electron chi connectivity index (χ3n) is 1.14. The quantitative estimate of drug-likeness (QED) is 0.442. The number of alkyl halides is 1. The predicted molar refractivity (Wildman–Crippen MR) is 64.6 cm³/mol. The zero-order valence-electron chi connectivity index (χ0n) is 7.18. The van der Waals surface area contributed by atoms with Gasteiger partial charge < -0.3 is 4.74 Å². The second-order valence-corrected chi connectivity index (χ2v) is 4.65. The van der Waals surface area contributed by atoms with Crippen LogP contribution < -0.4 is 0 Å². The number of ether oxygens (including phenoxy) is 1. The lowest BCUT2D eigenvalue weighted by molar-refractivity contribution is 0.200. The molecule has 0 unspecified atom stereocenters. The first-order valence-electron chi connectivity index (χ1n) is 3.48. The molecule has 0 aliphatic rings. The van der Waals surface area contributed by atoms with Crippen molar-refractivity contribution < 1.29 is 9.53 Å². The summed E-state index contributed by atoms with van der Waals surface area (Å²) in [6, 6.07) is 0. The summed E-state index contributed by atoms with van der Waals surface area (Å²) < 4.78 is 5.38. The largest absolute Gasteiger partial charge is 0.461 e. The molecule has 0 saturated heterocycles. The lowest BCUT2D eigenvalue weighted by Gasteiger charge is -2.04. The van der Waals surface area contributed by atoms with Crippen molar-refractivity contribution >= 4 is 48.9 Å². The Morgan fingerprint density at radius 1 is 1.69 bits per heavy atom. The van der Waals surface area contributed by atoms with Crippen molar-refractivity contribution in [2.45, 2.75) is 6.42 Å². The van der Waals surface area contributed by atoms with E-state index in [1.54, 1.807) is 6.08 Å². The Balaban J connectivity index is 4.43. The fourth-order valence-corrected chi connectivity index (χ4v) is 2.33. The Morgan fingerprint density at radius 3 is 2.69 bits per heavy atom. The van der Waals surface area contributed by atoms with E-state index in [0.29, 0.717) is 0 Å². The van der Waals surface area contributed by atoms with Crippen LogP contribution in [-0.2, 0) is 4.74 Å². The van der Waals surface area contributed by atoms with Gasteiger partial charge in [0.05, 0.1) is 7.11 Å². The zero-order valence-corrected chi connectivity index (χ0v) is 11.2. The molecule has 0 N–H and O–H groups in total. The maximum absolute atomic E-state index is 11.0. The van der Waals surface area contributed by atoms with Crippen molar-refractivity contribution in [2.75, 3.05) is 12.4 Å². The Labute approximate surface area is 99.0 Å². The van der Waals surface area contributed by atoms with Crippen molar-refractivity contribution in [1.82, 2.24) is 0 Å². The van der Waals surface area contributed by atoms with E-state index >= 15 is 0 Å². The Morgan fingerprint density at radius 2 is 2.31 bits per heavy atom. The average molecular weight is 330 g/mol. The van der Waals surface area contributed by atoms with Gasteiger partial charge in [0.1, 0.15) is 0 Å². The highest BCUT2D eigenvalue weighted by atomic mass is 79.9. The maximum atomic E-state index is 11.0. The first-order valence-corrected chi connectivity index (χ1v) is 6.21. The number of carbonyl (C=O) groups is 1. The van der Waals surface area contributed by atoms with Crippen molar-refractivity contribution in [3.8, 4) is 0 Å². The van der Waals surface area contributed by atoms with Gasteiger partial charge in [0.15, 0.2) is 0 Å². The molecule has 0 rings (SSSR count). The van der Waals surface area contributed by atoms with Crippen molar-refractivity contribution in [2.24, 2.45) is 0 Å². The summed E-state index contributed by atoms with van der Waals surface area (Å²) in [4.78, 5) is 11.9. The number of methoxy groups -OCH3 is 1. The predicted octanol–water partition coefficient (Wildman–Crippen LogP) is 4.06. The van der Waals surface area contributed by atoms with Gasteiger partial charge in [-0.2, -0.15) is 0 Å². The topological polar surface area (TPSA) is 26.3 Å². The molecule has 0 fully saturated rings. The normalized spacial score (nSPS) is 11.9. The second kappa shape index (κ2) is 7.64. The van der Waals surface area contributed by atoms with Crippen molar-refractivity contribution in [3.63, 3.8) is 0 Å². The first-order chi connectivity index (χ1) is 6.15. The molecule has 5 heteroatoms. The summed E-state index contributed by atoms with van der Waals surface area (Å²) in [5.74, 6) is 0. The molecule has 0 aliphatic carbocycles. The molecule has 0 atom stereocenters. The van der Waals surface area contributed by atoms with Crippen molar-refractivity contribution in [3.05, 3.63) is 22.0 Å². The average Bonchev–Trinajstić information content (AvgIpc) is 2.15. The third-order valence-corrected chi connectivity index (χ3v) is 3.61. The van der Waals surface area contributed by atoms with Crippen LogP contribution in [0.4, 0.5) is 4.79 Å². The van der Waals surface area contributed by atoms with Crippen LogP contribution >= 0.6 is 43.6 Å². The Hall–Kier alpha value is 0.260. The van der Waals surface area contributed by atoms with Gasteiger partial charge in [0, 0.05) is 14.7 Å². The zero-order chi connectivity index (χ0) is 10.3. The molecule has 0 amide bonds. The lowest BCUT2D eigenvalue weighted by Crippen LogP contribution is -1.93. The van der Waals surface area contributed by atoms with Crippen LogP contribution in [0.25, 0.3) is 0 Å². The summed E-state index contributed by atoms with van der Waals surface area (Å²) >= 11 is 7.69. The molecule has 74 valence electrons. The molecule has 0 heterocycles. The number of rotatable bonds is 4. The number of carbonyl (C=O) groups excluding carboxylic acids is 1. The molecular formula is C8H10Br2O2S. The molecular weight excluding hydrogens is 320 g/mol. The van der Waals surface area contributed by atoms with E-state index < -0.39 is 0 Å². The van der Waals surface area contributed by atoms with Gasteiger partial charge in [-0.1, -0.05) is 28.6 Å². The van der Waals surface area contributed by atoms with Gasteiger partial charge in [-0.15, -0.1) is 0 Å². The molecule has 0 saturated carbocycles. The van der Waals surface area contributed by atoms with E-state index in [4.69, 9.17) is 0 Å². The van der Waals surface area contributed by atoms with Crippen LogP contribution in [-0.4, -0.2) is 17.7 Å². The van der Waals surface area contributed by atoms with Gasteiger partial charge in [0.25, 0.3) is 0 Å². The molecule has 0 aromatic heterocycles. The number of hydrogen-bond acceptors (Lipinski definition) is 3. The second-order valence-electron chi connectivity index (χ2n) is 1.97. The number of thioether (sulfide) groups is 1. The SMILES string of the molecule is C=C/C(Br)=C(/CCBr)SC(=O)OC. The van der Waals surface area contributed by atoms with Gasteiger partial charge in [0.2, 0.25) is 0 Å². The molecule has 0 spiro atoms. The van der Waals surface area contributed by atoms with E-state index in [-0.39, 0.29) is 5.30 Å². The van der Waals surface area contributed by atoms with Crippen LogP contribution in [0.1, 0.15) is 6.42 Å². The highest BCUT2D eigenvalue weighted by Crippen LogP contribution is 2.29. The summed E-state index contributed by atoms with van der Waals surface area (Å²) in [6.07, 6.45) is 2.43. The van der Waals surface area contributed by atoms with Crippen LogP contribution in [0.2, 0.25) is 0 Å². The molecule has 2 nitrogen and oxygen atoms in total. The number of allylic oxidation sites excluding steroid dienone is 3. The molecule has 13 heavy (non-hydrogen) atoms. The number of hydrogen-bond donors (Lipinski definition) is 0. The van der Waals surface area contributed by atoms with E-state index in [1.807, 2.05) is 0 Å². The monoisotopic (exact) mass is 328 g/mol. The summed E-state index contributed by atoms with van der Waals surface area (Å²) in [5.41, 5.74) is 0. The highest BCUT2D eigenvalue weighted by molar-refractivity contribution is 9.12.